The van der Waals surface area contributed by atoms with Gasteiger partial charge in [0.05, 0.1) is 13.1 Å². The van der Waals surface area contributed by atoms with E-state index in [0.717, 1.165) is 18.2 Å². The van der Waals surface area contributed by atoms with Crippen LogP contribution in [0.3, 0.4) is 0 Å². The minimum absolute atomic E-state index is 0. The summed E-state index contributed by atoms with van der Waals surface area (Å²) in [4.78, 5) is 15.6. The van der Waals surface area contributed by atoms with E-state index in [4.69, 9.17) is 4.74 Å². The molecule has 0 unspecified atom stereocenters. The molecule has 3 N–H and O–H groups in total. The van der Waals surface area contributed by atoms with Crippen molar-refractivity contribution in [3.63, 3.8) is 0 Å². The minimum Gasteiger partial charge on any atom is -0.492 e. The van der Waals surface area contributed by atoms with Gasteiger partial charge >= 0.3 is 0 Å². The molecule has 0 bridgehead atoms. The second kappa shape index (κ2) is 12.5. The number of nitrogens with one attached hydrogen (secondary N) is 3. The molecule has 0 spiro atoms. The van der Waals surface area contributed by atoms with Gasteiger partial charge in [0.2, 0.25) is 5.91 Å². The topological polar surface area (TPSA) is 74.8 Å². The van der Waals surface area contributed by atoms with Crippen LogP contribution in [-0.2, 0) is 11.3 Å². The Kier molecular flexibility index (Phi) is 10.7. The predicted octanol–water partition coefficient (Wildman–Crippen LogP) is 3.46. The third kappa shape index (κ3) is 8.52. The van der Waals surface area contributed by atoms with Crippen LogP contribution in [0.5, 0.6) is 5.75 Å². The number of amides is 1. The summed E-state index contributed by atoms with van der Waals surface area (Å²) in [6.45, 7) is 6.08. The molecule has 2 rings (SSSR count). The van der Waals surface area contributed by atoms with Gasteiger partial charge in [-0.3, -0.25) is 4.79 Å². The SMILES string of the molecule is CCNC(=NCc1ccsc1)NCCOc1cccc(NC(C)=O)c1.I. The first kappa shape index (κ1) is 22.2. The Hall–Kier alpha value is -1.81. The quantitative estimate of drug-likeness (QED) is 0.230. The summed E-state index contributed by atoms with van der Waals surface area (Å²) >= 11 is 1.67. The molecule has 8 heteroatoms. The first-order valence-corrected chi connectivity index (χ1v) is 9.15. The van der Waals surface area contributed by atoms with Crippen molar-refractivity contribution in [1.29, 1.82) is 0 Å². The van der Waals surface area contributed by atoms with Crippen molar-refractivity contribution in [3.05, 3.63) is 46.7 Å². The molecule has 0 fully saturated rings. The Labute approximate surface area is 175 Å². The lowest BCUT2D eigenvalue weighted by Crippen LogP contribution is -2.39. The summed E-state index contributed by atoms with van der Waals surface area (Å²) in [5.74, 6) is 1.38. The lowest BCUT2D eigenvalue weighted by molar-refractivity contribution is -0.114. The number of ether oxygens (including phenoxy) is 1. The van der Waals surface area contributed by atoms with E-state index >= 15 is 0 Å². The molecule has 1 aromatic heterocycles. The molecule has 1 heterocycles. The first-order valence-electron chi connectivity index (χ1n) is 8.21. The van der Waals surface area contributed by atoms with Crippen molar-refractivity contribution in [2.24, 2.45) is 4.99 Å². The first-order chi connectivity index (χ1) is 12.2. The normalized spacial score (nSPS) is 10.6. The highest BCUT2D eigenvalue weighted by Crippen LogP contribution is 2.17. The Morgan fingerprint density at radius 1 is 1.27 bits per heavy atom. The van der Waals surface area contributed by atoms with E-state index < -0.39 is 0 Å². The number of carbonyl (C=O) groups is 1. The lowest BCUT2D eigenvalue weighted by Gasteiger charge is -2.12. The largest absolute Gasteiger partial charge is 0.492 e. The van der Waals surface area contributed by atoms with E-state index in [0.29, 0.717) is 25.4 Å². The van der Waals surface area contributed by atoms with Crippen LogP contribution in [0, 0.1) is 0 Å². The molecule has 0 radical (unpaired) electrons. The number of anilines is 1. The number of rotatable bonds is 8. The molecule has 1 amide bonds. The summed E-state index contributed by atoms with van der Waals surface area (Å²) < 4.78 is 5.71. The molecule has 2 aromatic rings. The molecule has 0 aliphatic rings. The predicted molar refractivity (Wildman–Crippen MR) is 119 cm³/mol. The second-order valence-electron chi connectivity index (χ2n) is 5.31. The summed E-state index contributed by atoms with van der Waals surface area (Å²) in [6.07, 6.45) is 0. The zero-order valence-corrected chi connectivity index (χ0v) is 18.1. The number of hydrogen-bond donors (Lipinski definition) is 3. The maximum atomic E-state index is 11.1. The highest BCUT2D eigenvalue weighted by atomic mass is 127. The van der Waals surface area contributed by atoms with Crippen LogP contribution in [0.25, 0.3) is 0 Å². The molecule has 0 atom stereocenters. The van der Waals surface area contributed by atoms with Gasteiger partial charge in [0.25, 0.3) is 0 Å². The van der Waals surface area contributed by atoms with Crippen molar-refractivity contribution < 1.29 is 9.53 Å². The number of carbonyl (C=O) groups excluding carboxylic acids is 1. The van der Waals surface area contributed by atoms with E-state index in [-0.39, 0.29) is 29.9 Å². The molecule has 6 nitrogen and oxygen atoms in total. The Balaban J connectivity index is 0.00000338. The number of benzene rings is 1. The number of aliphatic imine (C=N–C) groups is 1. The van der Waals surface area contributed by atoms with Gasteiger partial charge in [-0.05, 0) is 41.4 Å². The Morgan fingerprint density at radius 2 is 2.12 bits per heavy atom. The molecule has 0 saturated heterocycles. The van der Waals surface area contributed by atoms with Gasteiger partial charge < -0.3 is 20.7 Å². The van der Waals surface area contributed by atoms with Gasteiger partial charge in [-0.1, -0.05) is 6.07 Å². The van der Waals surface area contributed by atoms with E-state index in [1.807, 2.05) is 30.5 Å². The van der Waals surface area contributed by atoms with Crippen LogP contribution in [0.2, 0.25) is 0 Å². The van der Waals surface area contributed by atoms with Crippen LogP contribution in [0.1, 0.15) is 19.4 Å². The van der Waals surface area contributed by atoms with E-state index in [1.165, 1.54) is 12.5 Å². The zero-order chi connectivity index (χ0) is 17.9. The summed E-state index contributed by atoms with van der Waals surface area (Å²) in [6, 6.07) is 9.41. The number of halogens is 1. The number of nitrogens with zero attached hydrogens (tertiary/aromatic N) is 1. The molecular formula is C18H25IN4O2S. The average molecular weight is 488 g/mol. The monoisotopic (exact) mass is 488 g/mol. The van der Waals surface area contributed by atoms with Crippen molar-refractivity contribution in [2.75, 3.05) is 25.0 Å². The third-order valence-electron chi connectivity index (χ3n) is 3.16. The van der Waals surface area contributed by atoms with E-state index in [2.05, 4.69) is 32.4 Å². The molecule has 0 aliphatic carbocycles. The molecule has 26 heavy (non-hydrogen) atoms. The van der Waals surface area contributed by atoms with Crippen molar-refractivity contribution in [2.45, 2.75) is 20.4 Å². The highest BCUT2D eigenvalue weighted by Gasteiger charge is 2.00. The number of thiophene rings is 1. The zero-order valence-electron chi connectivity index (χ0n) is 15.0. The molecule has 0 saturated carbocycles. The van der Waals surface area contributed by atoms with Gasteiger partial charge in [-0.25, -0.2) is 4.99 Å². The highest BCUT2D eigenvalue weighted by molar-refractivity contribution is 14.0. The Bertz CT molecular complexity index is 692. The summed E-state index contributed by atoms with van der Waals surface area (Å²) in [7, 11) is 0. The molecule has 1 aromatic carbocycles. The van der Waals surface area contributed by atoms with Gasteiger partial charge in [0.15, 0.2) is 5.96 Å². The average Bonchev–Trinajstić information content (AvgIpc) is 3.09. The lowest BCUT2D eigenvalue weighted by atomic mass is 10.3. The smallest absolute Gasteiger partial charge is 0.221 e. The van der Waals surface area contributed by atoms with Gasteiger partial charge in [-0.2, -0.15) is 11.3 Å². The second-order valence-corrected chi connectivity index (χ2v) is 6.09. The molecule has 142 valence electrons. The van der Waals surface area contributed by atoms with Gasteiger partial charge in [0, 0.05) is 25.2 Å². The van der Waals surface area contributed by atoms with Crippen molar-refractivity contribution in [1.82, 2.24) is 10.6 Å². The fourth-order valence-electron chi connectivity index (χ4n) is 2.10. The molecular weight excluding hydrogens is 463 g/mol. The minimum atomic E-state index is -0.101. The van der Waals surface area contributed by atoms with Crippen LogP contribution in [0.15, 0.2) is 46.1 Å². The number of hydrogen-bond acceptors (Lipinski definition) is 4. The number of guanidine groups is 1. The molecule has 0 aliphatic heterocycles. The fourth-order valence-corrected chi connectivity index (χ4v) is 2.76. The van der Waals surface area contributed by atoms with Crippen LogP contribution >= 0.6 is 35.3 Å². The third-order valence-corrected chi connectivity index (χ3v) is 3.89. The maximum Gasteiger partial charge on any atom is 0.221 e. The summed E-state index contributed by atoms with van der Waals surface area (Å²) in [5, 5.41) is 13.3. The van der Waals surface area contributed by atoms with Crippen LogP contribution in [-0.4, -0.2) is 31.6 Å². The van der Waals surface area contributed by atoms with E-state index in [9.17, 15) is 4.79 Å². The maximum absolute atomic E-state index is 11.1. The van der Waals surface area contributed by atoms with Crippen molar-refractivity contribution in [3.8, 4) is 5.75 Å². The fraction of sp³-hybridized carbons (Fsp3) is 0.333. The van der Waals surface area contributed by atoms with E-state index in [1.54, 1.807) is 17.4 Å². The van der Waals surface area contributed by atoms with Crippen molar-refractivity contribution >= 4 is 52.9 Å². The summed E-state index contributed by atoms with van der Waals surface area (Å²) in [5.41, 5.74) is 1.93. The van der Waals surface area contributed by atoms with Gasteiger partial charge in [-0.15, -0.1) is 24.0 Å². The Morgan fingerprint density at radius 3 is 2.81 bits per heavy atom. The van der Waals surface area contributed by atoms with Crippen LogP contribution in [0.4, 0.5) is 5.69 Å². The van der Waals surface area contributed by atoms with Gasteiger partial charge in [0.1, 0.15) is 12.4 Å². The van der Waals surface area contributed by atoms with Crippen LogP contribution < -0.4 is 20.7 Å². The standard InChI is InChI=1S/C18H24N4O2S.HI/c1-3-19-18(21-12-15-7-10-25-13-15)20-8-9-24-17-6-4-5-16(11-17)22-14(2)23;/h4-7,10-11,13H,3,8-9,12H2,1-2H3,(H,22,23)(H2,19,20,21);1H.